The Bertz CT molecular complexity index is 593. The molecule has 1 heterocycles. The minimum absolute atomic E-state index is 0.156. The summed E-state index contributed by atoms with van der Waals surface area (Å²) in [5.41, 5.74) is 3.41. The van der Waals surface area contributed by atoms with Crippen LogP contribution in [-0.2, 0) is 12.0 Å². The van der Waals surface area contributed by atoms with E-state index in [0.717, 1.165) is 17.0 Å². The zero-order chi connectivity index (χ0) is 15.0. The van der Waals surface area contributed by atoms with Gasteiger partial charge in [-0.2, -0.15) is 18.2 Å². The average molecular weight is 350 g/mol. The summed E-state index contributed by atoms with van der Waals surface area (Å²) in [5.74, 6) is -0.486. The summed E-state index contributed by atoms with van der Waals surface area (Å²) >= 11 is 3.29. The Kier molecular flexibility index (Phi) is 3.88. The van der Waals surface area contributed by atoms with Crippen molar-refractivity contribution in [3.8, 4) is 0 Å². The zero-order valence-electron chi connectivity index (χ0n) is 10.4. The molecule has 2 aromatic rings. The van der Waals surface area contributed by atoms with E-state index in [-0.39, 0.29) is 12.2 Å². The molecule has 2 rings (SSSR count). The van der Waals surface area contributed by atoms with Gasteiger partial charge in [-0.3, -0.25) is 0 Å². The van der Waals surface area contributed by atoms with Gasteiger partial charge >= 0.3 is 6.18 Å². The van der Waals surface area contributed by atoms with E-state index in [1.807, 2.05) is 24.3 Å². The Morgan fingerprint density at radius 3 is 2.40 bits per heavy atom. The van der Waals surface area contributed by atoms with Crippen LogP contribution < -0.4 is 5.73 Å². The predicted molar refractivity (Wildman–Crippen MR) is 68.8 cm³/mol. The third-order valence-electron chi connectivity index (χ3n) is 2.78. The summed E-state index contributed by atoms with van der Waals surface area (Å²) in [4.78, 5) is 3.73. The Morgan fingerprint density at radius 1 is 1.25 bits per heavy atom. The number of aromatic nitrogens is 2. The lowest BCUT2D eigenvalue weighted by Gasteiger charge is -2.22. The van der Waals surface area contributed by atoms with Crippen molar-refractivity contribution >= 4 is 15.9 Å². The van der Waals surface area contributed by atoms with Crippen molar-refractivity contribution in [1.29, 1.82) is 0 Å². The first kappa shape index (κ1) is 15.0. The molecule has 0 fully saturated rings. The van der Waals surface area contributed by atoms with Crippen molar-refractivity contribution in [3.63, 3.8) is 0 Å². The van der Waals surface area contributed by atoms with Gasteiger partial charge in [0.1, 0.15) is 0 Å². The molecule has 0 saturated carbocycles. The number of halogens is 4. The SMILES string of the molecule is CC(N)(c1nc(Cc2ccc(Br)cc2)no1)C(F)(F)F. The highest BCUT2D eigenvalue weighted by Gasteiger charge is 2.53. The molecule has 0 spiro atoms. The van der Waals surface area contributed by atoms with Gasteiger partial charge in [-0.05, 0) is 24.6 Å². The van der Waals surface area contributed by atoms with E-state index in [4.69, 9.17) is 5.73 Å². The van der Waals surface area contributed by atoms with E-state index < -0.39 is 17.6 Å². The van der Waals surface area contributed by atoms with Gasteiger partial charge < -0.3 is 10.3 Å². The van der Waals surface area contributed by atoms with E-state index in [9.17, 15) is 13.2 Å². The lowest BCUT2D eigenvalue weighted by Crippen LogP contribution is -2.48. The van der Waals surface area contributed by atoms with E-state index in [2.05, 4.69) is 30.6 Å². The lowest BCUT2D eigenvalue weighted by atomic mass is 10.0. The highest BCUT2D eigenvalue weighted by molar-refractivity contribution is 9.10. The Hall–Kier alpha value is -1.41. The quantitative estimate of drug-likeness (QED) is 0.924. The van der Waals surface area contributed by atoms with Crippen LogP contribution in [0.25, 0.3) is 0 Å². The van der Waals surface area contributed by atoms with Crippen molar-refractivity contribution in [2.24, 2.45) is 5.73 Å². The maximum atomic E-state index is 12.7. The first-order valence-corrected chi connectivity index (χ1v) is 6.42. The molecular weight excluding hydrogens is 339 g/mol. The van der Waals surface area contributed by atoms with Crippen LogP contribution in [0.1, 0.15) is 24.2 Å². The van der Waals surface area contributed by atoms with Gasteiger partial charge in [0.2, 0.25) is 0 Å². The first-order chi connectivity index (χ1) is 9.20. The fraction of sp³-hybridized carbons (Fsp3) is 0.333. The van der Waals surface area contributed by atoms with Gasteiger partial charge in [-0.1, -0.05) is 33.2 Å². The average Bonchev–Trinajstić information content (AvgIpc) is 2.80. The zero-order valence-corrected chi connectivity index (χ0v) is 12.0. The van der Waals surface area contributed by atoms with Crippen LogP contribution in [-0.4, -0.2) is 16.3 Å². The number of hydrogen-bond donors (Lipinski definition) is 1. The summed E-state index contributed by atoms with van der Waals surface area (Å²) in [6.07, 6.45) is -4.39. The minimum Gasteiger partial charge on any atom is -0.337 e. The van der Waals surface area contributed by atoms with Crippen molar-refractivity contribution < 1.29 is 17.7 Å². The summed E-state index contributed by atoms with van der Waals surface area (Å²) in [5, 5.41) is 3.54. The van der Waals surface area contributed by atoms with Crippen LogP contribution in [0, 0.1) is 0 Å². The molecule has 1 aromatic heterocycles. The summed E-state index contributed by atoms with van der Waals surface area (Å²) < 4.78 is 43.8. The molecule has 1 atom stereocenters. The van der Waals surface area contributed by atoms with Crippen LogP contribution in [0.3, 0.4) is 0 Å². The van der Waals surface area contributed by atoms with Crippen LogP contribution >= 0.6 is 15.9 Å². The Labute approximate surface area is 121 Å². The predicted octanol–water partition coefficient (Wildman–Crippen LogP) is 3.16. The van der Waals surface area contributed by atoms with Crippen LogP contribution in [0.4, 0.5) is 13.2 Å². The molecule has 0 aliphatic carbocycles. The van der Waals surface area contributed by atoms with E-state index in [0.29, 0.717) is 0 Å². The topological polar surface area (TPSA) is 64.9 Å². The number of hydrogen-bond acceptors (Lipinski definition) is 4. The highest BCUT2D eigenvalue weighted by atomic mass is 79.9. The normalized spacial score (nSPS) is 15.1. The number of nitrogens with zero attached hydrogens (tertiary/aromatic N) is 2. The molecule has 8 heteroatoms. The molecule has 2 N–H and O–H groups in total. The molecule has 20 heavy (non-hydrogen) atoms. The van der Waals surface area contributed by atoms with E-state index in [1.165, 1.54) is 0 Å². The first-order valence-electron chi connectivity index (χ1n) is 5.63. The fourth-order valence-electron chi connectivity index (χ4n) is 1.44. The number of alkyl halides is 3. The summed E-state index contributed by atoms with van der Waals surface area (Å²) in [6.45, 7) is 0.796. The number of nitrogens with two attached hydrogens (primary N) is 1. The molecule has 108 valence electrons. The number of rotatable bonds is 3. The smallest absolute Gasteiger partial charge is 0.337 e. The second-order valence-corrected chi connectivity index (χ2v) is 5.43. The molecular formula is C12H11BrF3N3O. The Morgan fingerprint density at radius 2 is 1.85 bits per heavy atom. The van der Waals surface area contributed by atoms with Crippen LogP contribution in [0.15, 0.2) is 33.3 Å². The molecule has 0 saturated heterocycles. The van der Waals surface area contributed by atoms with Gasteiger partial charge in [0.15, 0.2) is 11.4 Å². The molecule has 0 amide bonds. The third kappa shape index (κ3) is 3.01. The van der Waals surface area contributed by atoms with Gasteiger partial charge in [0.25, 0.3) is 5.89 Å². The van der Waals surface area contributed by atoms with Gasteiger partial charge in [0.05, 0.1) is 0 Å². The van der Waals surface area contributed by atoms with Gasteiger partial charge in [-0.15, -0.1) is 0 Å². The van der Waals surface area contributed by atoms with Crippen molar-refractivity contribution in [2.75, 3.05) is 0 Å². The molecule has 0 radical (unpaired) electrons. The molecule has 1 unspecified atom stereocenters. The Balaban J connectivity index is 2.19. The largest absolute Gasteiger partial charge is 0.415 e. The monoisotopic (exact) mass is 349 g/mol. The lowest BCUT2D eigenvalue weighted by molar-refractivity contribution is -0.190. The minimum atomic E-state index is -4.66. The summed E-state index contributed by atoms with van der Waals surface area (Å²) in [6, 6.07) is 7.26. The highest BCUT2D eigenvalue weighted by Crippen LogP contribution is 2.35. The van der Waals surface area contributed by atoms with Crippen LogP contribution in [0.2, 0.25) is 0 Å². The molecule has 0 bridgehead atoms. The second kappa shape index (κ2) is 5.17. The molecule has 0 aliphatic rings. The standard InChI is InChI=1S/C12H11BrF3N3O/c1-11(17,12(14,15)16)10-18-9(19-20-10)6-7-2-4-8(13)5-3-7/h2-5H,6,17H2,1H3. The molecule has 0 aliphatic heterocycles. The maximum Gasteiger partial charge on any atom is 0.415 e. The van der Waals surface area contributed by atoms with E-state index >= 15 is 0 Å². The molecule has 1 aromatic carbocycles. The van der Waals surface area contributed by atoms with Crippen molar-refractivity contribution in [1.82, 2.24) is 10.1 Å². The van der Waals surface area contributed by atoms with Crippen LogP contribution in [0.5, 0.6) is 0 Å². The summed E-state index contributed by atoms with van der Waals surface area (Å²) in [7, 11) is 0. The van der Waals surface area contributed by atoms with E-state index in [1.54, 1.807) is 0 Å². The molecule has 4 nitrogen and oxygen atoms in total. The van der Waals surface area contributed by atoms with Gasteiger partial charge in [-0.25, -0.2) is 0 Å². The second-order valence-electron chi connectivity index (χ2n) is 4.52. The van der Waals surface area contributed by atoms with Crippen molar-refractivity contribution in [3.05, 3.63) is 46.0 Å². The van der Waals surface area contributed by atoms with Crippen molar-refractivity contribution in [2.45, 2.75) is 25.1 Å². The maximum absolute atomic E-state index is 12.7. The number of benzene rings is 1. The third-order valence-corrected chi connectivity index (χ3v) is 3.31. The fourth-order valence-corrected chi connectivity index (χ4v) is 1.71. The van der Waals surface area contributed by atoms with Gasteiger partial charge in [0, 0.05) is 10.9 Å².